The fourth-order valence-electron chi connectivity index (χ4n) is 3.99. The molecule has 0 spiro atoms. The van der Waals surface area contributed by atoms with Crippen molar-refractivity contribution in [1.82, 2.24) is 25.0 Å². The summed E-state index contributed by atoms with van der Waals surface area (Å²) in [6.07, 6.45) is 9.04. The molecule has 0 radical (unpaired) electrons. The van der Waals surface area contributed by atoms with E-state index in [9.17, 15) is 14.4 Å². The van der Waals surface area contributed by atoms with E-state index in [1.165, 1.54) is 23.3 Å². The molecule has 2 heterocycles. The third-order valence-corrected chi connectivity index (χ3v) is 6.25. The van der Waals surface area contributed by atoms with Gasteiger partial charge in [-0.1, -0.05) is 53.6 Å². The van der Waals surface area contributed by atoms with Gasteiger partial charge in [-0.25, -0.2) is 9.89 Å². The van der Waals surface area contributed by atoms with E-state index in [1.54, 1.807) is 12.1 Å². The molecular weight excluding hydrogens is 493 g/mol. The molecule has 180 valence electrons. The van der Waals surface area contributed by atoms with Crippen molar-refractivity contribution in [3.8, 4) is 17.3 Å². The topological polar surface area (TPSA) is 123 Å². The van der Waals surface area contributed by atoms with Gasteiger partial charge in [0, 0.05) is 11.6 Å². The van der Waals surface area contributed by atoms with E-state index < -0.39 is 11.2 Å². The van der Waals surface area contributed by atoms with Crippen LogP contribution >= 0.6 is 23.2 Å². The van der Waals surface area contributed by atoms with Crippen LogP contribution in [0.25, 0.3) is 5.69 Å². The van der Waals surface area contributed by atoms with Crippen molar-refractivity contribution in [1.29, 1.82) is 0 Å². The summed E-state index contributed by atoms with van der Waals surface area (Å²) in [6, 6.07) is 4.42. The van der Waals surface area contributed by atoms with E-state index in [1.807, 2.05) is 12.2 Å². The van der Waals surface area contributed by atoms with Crippen LogP contribution in [-0.2, 0) is 0 Å². The van der Waals surface area contributed by atoms with Crippen molar-refractivity contribution >= 4 is 23.2 Å². The van der Waals surface area contributed by atoms with Gasteiger partial charge in [-0.05, 0) is 49.8 Å². The molecule has 4 rings (SSSR count). The monoisotopic (exact) mass is 513 g/mol. The molecule has 9 nitrogen and oxygen atoms in total. The maximum absolute atomic E-state index is 12.5. The van der Waals surface area contributed by atoms with Gasteiger partial charge in [0.05, 0.1) is 15.7 Å². The highest BCUT2D eigenvalue weighted by atomic mass is 35.5. The number of allylic oxidation sites excluding steroid dienone is 5. The molecule has 0 fully saturated rings. The van der Waals surface area contributed by atoms with Crippen molar-refractivity contribution < 1.29 is 4.74 Å². The van der Waals surface area contributed by atoms with Gasteiger partial charge in [0.2, 0.25) is 5.88 Å². The highest BCUT2D eigenvalue weighted by Crippen LogP contribution is 2.39. The SMILES string of the molecule is C=C/C=C\C1=C(C)CC(c2cc(Oc3c(Cl)cc(-n4ncc(=O)[nH]c4=O)cc3Cl)n[nH]c2=O)CC1. The maximum Gasteiger partial charge on any atom is 0.349 e. The minimum absolute atomic E-state index is 0.0106. The van der Waals surface area contributed by atoms with Crippen molar-refractivity contribution in [2.45, 2.75) is 32.1 Å². The molecule has 1 atom stereocenters. The number of nitrogens with one attached hydrogen (secondary N) is 2. The third-order valence-electron chi connectivity index (χ3n) is 5.69. The van der Waals surface area contributed by atoms with Crippen LogP contribution in [0.15, 0.2) is 74.7 Å². The number of aromatic amines is 2. The molecule has 0 saturated carbocycles. The zero-order valence-electron chi connectivity index (χ0n) is 18.7. The average Bonchev–Trinajstić information content (AvgIpc) is 2.81. The smallest absolute Gasteiger partial charge is 0.349 e. The number of hydrogen-bond acceptors (Lipinski definition) is 6. The predicted molar refractivity (Wildman–Crippen MR) is 134 cm³/mol. The Bertz CT molecular complexity index is 1510. The molecule has 0 amide bonds. The molecule has 2 N–H and O–H groups in total. The second-order valence-electron chi connectivity index (χ2n) is 8.02. The number of benzene rings is 1. The van der Waals surface area contributed by atoms with Crippen LogP contribution in [0.5, 0.6) is 11.6 Å². The fourth-order valence-corrected chi connectivity index (χ4v) is 4.54. The minimum atomic E-state index is -0.745. The van der Waals surface area contributed by atoms with E-state index in [2.05, 4.69) is 33.8 Å². The summed E-state index contributed by atoms with van der Waals surface area (Å²) < 4.78 is 6.76. The number of halogens is 2. The van der Waals surface area contributed by atoms with Gasteiger partial charge < -0.3 is 4.74 Å². The van der Waals surface area contributed by atoms with Gasteiger partial charge in [-0.2, -0.15) is 9.78 Å². The Hall–Kier alpha value is -3.69. The maximum atomic E-state index is 12.5. The molecule has 1 aliphatic carbocycles. The molecule has 35 heavy (non-hydrogen) atoms. The molecule has 3 aromatic rings. The Morgan fingerprint density at radius 3 is 2.60 bits per heavy atom. The number of nitrogens with zero attached hydrogens (tertiary/aromatic N) is 3. The average molecular weight is 514 g/mol. The third kappa shape index (κ3) is 5.36. The van der Waals surface area contributed by atoms with Crippen LogP contribution in [0.4, 0.5) is 0 Å². The summed E-state index contributed by atoms with van der Waals surface area (Å²) in [5.41, 5.74) is 1.60. The first-order valence-electron chi connectivity index (χ1n) is 10.7. The highest BCUT2D eigenvalue weighted by molar-refractivity contribution is 6.37. The van der Waals surface area contributed by atoms with Crippen molar-refractivity contribution in [2.24, 2.45) is 0 Å². The first-order valence-corrected chi connectivity index (χ1v) is 11.5. The van der Waals surface area contributed by atoms with Gasteiger partial charge in [0.25, 0.3) is 11.1 Å². The summed E-state index contributed by atoms with van der Waals surface area (Å²) in [5, 5.41) is 10.4. The molecule has 0 saturated heterocycles. The molecule has 0 aliphatic heterocycles. The number of H-pyrrole nitrogens is 2. The summed E-state index contributed by atoms with van der Waals surface area (Å²) in [4.78, 5) is 37.9. The molecule has 11 heteroatoms. The second-order valence-corrected chi connectivity index (χ2v) is 8.84. The number of rotatable bonds is 6. The highest BCUT2D eigenvalue weighted by Gasteiger charge is 2.23. The summed E-state index contributed by atoms with van der Waals surface area (Å²) in [5.74, 6) is 0.225. The lowest BCUT2D eigenvalue weighted by molar-refractivity contribution is 0.450. The van der Waals surface area contributed by atoms with Gasteiger partial charge in [0.1, 0.15) is 6.20 Å². The van der Waals surface area contributed by atoms with E-state index in [-0.39, 0.29) is 38.8 Å². The van der Waals surface area contributed by atoms with Crippen LogP contribution in [0, 0.1) is 0 Å². The Morgan fingerprint density at radius 2 is 1.94 bits per heavy atom. The van der Waals surface area contributed by atoms with Crippen molar-refractivity contribution in [2.75, 3.05) is 0 Å². The van der Waals surface area contributed by atoms with Crippen LogP contribution in [-0.4, -0.2) is 25.0 Å². The zero-order valence-corrected chi connectivity index (χ0v) is 20.2. The van der Waals surface area contributed by atoms with Gasteiger partial charge in [-0.3, -0.25) is 14.6 Å². The predicted octanol–water partition coefficient (Wildman–Crippen LogP) is 4.43. The second kappa shape index (κ2) is 10.3. The Balaban J connectivity index is 1.62. The van der Waals surface area contributed by atoms with E-state index in [4.69, 9.17) is 27.9 Å². The lowest BCUT2D eigenvalue weighted by Gasteiger charge is -2.24. The summed E-state index contributed by atoms with van der Waals surface area (Å²) >= 11 is 12.7. The molecule has 1 unspecified atom stereocenters. The van der Waals surface area contributed by atoms with Gasteiger partial charge >= 0.3 is 5.69 Å². The van der Waals surface area contributed by atoms with Crippen LogP contribution < -0.4 is 21.5 Å². The largest absolute Gasteiger partial charge is 0.434 e. The van der Waals surface area contributed by atoms with Crippen LogP contribution in [0.1, 0.15) is 37.7 Å². The van der Waals surface area contributed by atoms with Crippen LogP contribution in [0.3, 0.4) is 0 Å². The number of aromatic nitrogens is 5. The van der Waals surface area contributed by atoms with E-state index in [0.29, 0.717) is 5.56 Å². The summed E-state index contributed by atoms with van der Waals surface area (Å²) in [6.45, 7) is 5.76. The minimum Gasteiger partial charge on any atom is -0.434 e. The first kappa shape index (κ1) is 24.4. The normalized spacial score (nSPS) is 16.0. The zero-order chi connectivity index (χ0) is 25.1. The first-order chi connectivity index (χ1) is 16.8. The Morgan fingerprint density at radius 1 is 1.20 bits per heavy atom. The van der Waals surface area contributed by atoms with Gasteiger partial charge in [-0.15, -0.1) is 5.10 Å². The lowest BCUT2D eigenvalue weighted by atomic mass is 9.81. The van der Waals surface area contributed by atoms with E-state index >= 15 is 0 Å². The van der Waals surface area contributed by atoms with Gasteiger partial charge in [0.15, 0.2) is 5.75 Å². The number of hydrogen-bond donors (Lipinski definition) is 2. The number of ether oxygens (including phenoxy) is 1. The Labute approximate surface area is 209 Å². The standard InChI is InChI=1S/C24H21Cl2N5O4/c1-3-4-5-14-6-7-15(8-13(14)2)17-11-21(29-30-23(17)33)35-22-18(25)9-16(10-19(22)26)31-24(34)28-20(32)12-27-31/h3-5,9-12,15H,1,6-8H2,2H3,(H,30,33)(H,28,32,34)/b5-4-. The molecular formula is C24H21Cl2N5O4. The molecule has 0 bridgehead atoms. The molecule has 1 aromatic carbocycles. The quantitative estimate of drug-likeness (QED) is 0.470. The fraction of sp³-hybridized carbons (Fsp3) is 0.208. The molecule has 2 aromatic heterocycles. The van der Waals surface area contributed by atoms with Crippen molar-refractivity contribution in [3.63, 3.8) is 0 Å². The van der Waals surface area contributed by atoms with Crippen LogP contribution in [0.2, 0.25) is 10.0 Å². The van der Waals surface area contributed by atoms with Crippen molar-refractivity contribution in [3.05, 3.63) is 107 Å². The van der Waals surface area contributed by atoms with E-state index in [0.717, 1.165) is 30.1 Å². The Kier molecular flexibility index (Phi) is 7.18. The molecule has 1 aliphatic rings. The lowest BCUT2D eigenvalue weighted by Crippen LogP contribution is -2.30. The summed E-state index contributed by atoms with van der Waals surface area (Å²) in [7, 11) is 0.